The molecule has 0 fully saturated rings. The number of carbonyl (C=O) groups excluding carboxylic acids is 2. The first-order chi connectivity index (χ1) is 11.2. The molecular weight excluding hydrogens is 290 g/mol. The smallest absolute Gasteiger partial charge is 0.322 e. The van der Waals surface area contributed by atoms with E-state index < -0.39 is 0 Å². The van der Waals surface area contributed by atoms with Gasteiger partial charge < -0.3 is 10.6 Å². The van der Waals surface area contributed by atoms with Crippen molar-refractivity contribution in [3.63, 3.8) is 0 Å². The number of para-hydroxylation sites is 1. The van der Waals surface area contributed by atoms with Gasteiger partial charge in [0.1, 0.15) is 6.54 Å². The van der Waals surface area contributed by atoms with Gasteiger partial charge in [0.15, 0.2) is 0 Å². The maximum Gasteiger partial charge on any atom is 0.322 e. The summed E-state index contributed by atoms with van der Waals surface area (Å²) in [5.41, 5.74) is 1.85. The van der Waals surface area contributed by atoms with Crippen LogP contribution in [-0.2, 0) is 11.2 Å². The molecule has 0 saturated heterocycles. The van der Waals surface area contributed by atoms with E-state index in [0.29, 0.717) is 12.2 Å². The third kappa shape index (κ3) is 5.14. The van der Waals surface area contributed by atoms with E-state index in [9.17, 15) is 9.59 Å². The second-order valence-electron chi connectivity index (χ2n) is 5.06. The second kappa shape index (κ2) is 8.58. The number of hydrogen-bond acceptors (Lipinski definition) is 2. The zero-order valence-electron chi connectivity index (χ0n) is 13.2. The fourth-order valence-corrected chi connectivity index (χ4v) is 2.21. The van der Waals surface area contributed by atoms with Crippen LogP contribution in [0.5, 0.6) is 0 Å². The lowest BCUT2D eigenvalue weighted by molar-refractivity contribution is -0.119. The Morgan fingerprint density at radius 3 is 2.17 bits per heavy atom. The number of nitrogens with one attached hydrogen (secondary N) is 2. The van der Waals surface area contributed by atoms with Crippen LogP contribution in [-0.4, -0.2) is 32.1 Å². The fraction of sp³-hybridized carbons (Fsp3) is 0.222. The van der Waals surface area contributed by atoms with E-state index in [1.165, 1.54) is 10.5 Å². The van der Waals surface area contributed by atoms with Crippen LogP contribution < -0.4 is 15.5 Å². The van der Waals surface area contributed by atoms with E-state index in [0.717, 1.165) is 6.42 Å². The van der Waals surface area contributed by atoms with Crippen molar-refractivity contribution in [3.05, 3.63) is 66.2 Å². The predicted molar refractivity (Wildman–Crippen MR) is 91.4 cm³/mol. The summed E-state index contributed by atoms with van der Waals surface area (Å²) in [6.45, 7) is 0.525. The van der Waals surface area contributed by atoms with E-state index >= 15 is 0 Å². The Labute approximate surface area is 136 Å². The first kappa shape index (κ1) is 16.5. The van der Waals surface area contributed by atoms with Crippen LogP contribution in [0.15, 0.2) is 60.7 Å². The van der Waals surface area contributed by atoms with Gasteiger partial charge in [-0.2, -0.15) is 0 Å². The molecule has 120 valence electrons. The maximum atomic E-state index is 12.1. The number of rotatable bonds is 6. The minimum Gasteiger partial charge on any atom is -0.354 e. The number of urea groups is 1. The highest BCUT2D eigenvalue weighted by Gasteiger charge is 2.17. The summed E-state index contributed by atoms with van der Waals surface area (Å²) >= 11 is 0. The Morgan fingerprint density at radius 1 is 0.957 bits per heavy atom. The molecule has 0 aromatic heterocycles. The standard InChI is InChI=1S/C18H21N3O2/c1-19-18(23)21(16-10-6-3-7-11-16)14-17(22)20-13-12-15-8-4-2-5-9-15/h2-11H,12-14H2,1H3,(H,19,23)(H,20,22). The highest BCUT2D eigenvalue weighted by Crippen LogP contribution is 2.12. The molecule has 0 aliphatic carbocycles. The molecule has 0 heterocycles. The largest absolute Gasteiger partial charge is 0.354 e. The molecule has 2 N–H and O–H groups in total. The Bertz CT molecular complexity index is 629. The minimum absolute atomic E-state index is 0.0154. The monoisotopic (exact) mass is 311 g/mol. The van der Waals surface area contributed by atoms with Crippen molar-refractivity contribution in [1.29, 1.82) is 0 Å². The Balaban J connectivity index is 1.89. The summed E-state index contributed by atoms with van der Waals surface area (Å²) in [5.74, 6) is -0.187. The molecule has 3 amide bonds. The molecule has 5 nitrogen and oxygen atoms in total. The number of carbonyl (C=O) groups is 2. The Morgan fingerprint density at radius 2 is 1.57 bits per heavy atom. The van der Waals surface area contributed by atoms with Gasteiger partial charge in [0.25, 0.3) is 0 Å². The van der Waals surface area contributed by atoms with Crippen molar-refractivity contribution >= 4 is 17.6 Å². The molecule has 0 bridgehead atoms. The van der Waals surface area contributed by atoms with Gasteiger partial charge in [0, 0.05) is 19.3 Å². The van der Waals surface area contributed by atoms with E-state index in [4.69, 9.17) is 0 Å². The van der Waals surface area contributed by atoms with E-state index in [1.807, 2.05) is 48.5 Å². The summed E-state index contributed by atoms with van der Waals surface area (Å²) < 4.78 is 0. The van der Waals surface area contributed by atoms with Gasteiger partial charge in [-0.1, -0.05) is 48.5 Å². The highest BCUT2D eigenvalue weighted by molar-refractivity contribution is 5.97. The lowest BCUT2D eigenvalue weighted by Gasteiger charge is -2.21. The second-order valence-corrected chi connectivity index (χ2v) is 5.06. The average molecular weight is 311 g/mol. The van der Waals surface area contributed by atoms with Gasteiger partial charge >= 0.3 is 6.03 Å². The van der Waals surface area contributed by atoms with Crippen LogP contribution in [0, 0.1) is 0 Å². The van der Waals surface area contributed by atoms with E-state index in [2.05, 4.69) is 10.6 Å². The molecule has 5 heteroatoms. The topological polar surface area (TPSA) is 61.4 Å². The third-order valence-electron chi connectivity index (χ3n) is 3.41. The van der Waals surface area contributed by atoms with Crippen molar-refractivity contribution in [1.82, 2.24) is 10.6 Å². The molecule has 0 atom stereocenters. The quantitative estimate of drug-likeness (QED) is 0.859. The normalized spacial score (nSPS) is 9.96. The van der Waals surface area contributed by atoms with Gasteiger partial charge in [0.05, 0.1) is 0 Å². The van der Waals surface area contributed by atoms with Crippen LogP contribution in [0.2, 0.25) is 0 Å². The third-order valence-corrected chi connectivity index (χ3v) is 3.41. The molecule has 0 spiro atoms. The summed E-state index contributed by atoms with van der Waals surface area (Å²) in [6, 6.07) is 18.8. The molecular formula is C18H21N3O2. The first-order valence-electron chi connectivity index (χ1n) is 7.55. The predicted octanol–water partition coefficient (Wildman–Crippen LogP) is 2.19. The van der Waals surface area contributed by atoms with Crippen LogP contribution >= 0.6 is 0 Å². The minimum atomic E-state index is -0.311. The number of amides is 3. The molecule has 0 aliphatic rings. The van der Waals surface area contributed by atoms with Crippen LogP contribution in [0.25, 0.3) is 0 Å². The van der Waals surface area contributed by atoms with E-state index in [-0.39, 0.29) is 18.5 Å². The summed E-state index contributed by atoms with van der Waals surface area (Å²) in [7, 11) is 1.55. The van der Waals surface area contributed by atoms with Crippen molar-refractivity contribution in [3.8, 4) is 0 Å². The zero-order chi connectivity index (χ0) is 16.5. The SMILES string of the molecule is CNC(=O)N(CC(=O)NCCc1ccccc1)c1ccccc1. The van der Waals surface area contributed by atoms with Gasteiger partial charge in [-0.05, 0) is 24.1 Å². The van der Waals surface area contributed by atoms with Crippen molar-refractivity contribution in [2.45, 2.75) is 6.42 Å². The molecule has 23 heavy (non-hydrogen) atoms. The molecule has 0 unspecified atom stereocenters. The van der Waals surface area contributed by atoms with Gasteiger partial charge in [0.2, 0.25) is 5.91 Å². The lowest BCUT2D eigenvalue weighted by Crippen LogP contribution is -2.45. The molecule has 2 rings (SSSR count). The summed E-state index contributed by atoms with van der Waals surface area (Å²) in [4.78, 5) is 25.5. The van der Waals surface area contributed by atoms with E-state index in [1.54, 1.807) is 19.2 Å². The van der Waals surface area contributed by atoms with Crippen molar-refractivity contribution < 1.29 is 9.59 Å². The zero-order valence-corrected chi connectivity index (χ0v) is 13.2. The molecule has 0 saturated carbocycles. The van der Waals surface area contributed by atoms with Crippen LogP contribution in [0.1, 0.15) is 5.56 Å². The Kier molecular flexibility index (Phi) is 6.17. The van der Waals surface area contributed by atoms with Crippen LogP contribution in [0.3, 0.4) is 0 Å². The lowest BCUT2D eigenvalue weighted by atomic mass is 10.1. The number of hydrogen-bond donors (Lipinski definition) is 2. The number of benzene rings is 2. The summed E-state index contributed by atoms with van der Waals surface area (Å²) in [6.07, 6.45) is 0.762. The maximum absolute atomic E-state index is 12.1. The van der Waals surface area contributed by atoms with Crippen molar-refractivity contribution in [2.75, 3.05) is 25.0 Å². The van der Waals surface area contributed by atoms with Gasteiger partial charge in [-0.3, -0.25) is 9.69 Å². The van der Waals surface area contributed by atoms with Gasteiger partial charge in [-0.15, -0.1) is 0 Å². The Hall–Kier alpha value is -2.82. The number of nitrogens with zero attached hydrogens (tertiary/aromatic N) is 1. The molecule has 2 aromatic carbocycles. The first-order valence-corrected chi connectivity index (χ1v) is 7.55. The number of anilines is 1. The molecule has 0 radical (unpaired) electrons. The fourth-order valence-electron chi connectivity index (χ4n) is 2.21. The molecule has 2 aromatic rings. The summed E-state index contributed by atoms with van der Waals surface area (Å²) in [5, 5.41) is 5.41. The van der Waals surface area contributed by atoms with Crippen molar-refractivity contribution in [2.24, 2.45) is 0 Å². The van der Waals surface area contributed by atoms with Gasteiger partial charge in [-0.25, -0.2) is 4.79 Å². The average Bonchev–Trinajstić information content (AvgIpc) is 2.60. The van der Waals surface area contributed by atoms with Crippen LogP contribution in [0.4, 0.5) is 10.5 Å². The highest BCUT2D eigenvalue weighted by atomic mass is 16.2. The molecule has 0 aliphatic heterocycles.